The van der Waals surface area contributed by atoms with Crippen LogP contribution in [0.4, 0.5) is 11.4 Å². The quantitative estimate of drug-likeness (QED) is 0.200. The zero-order valence-electron chi connectivity index (χ0n) is 31.6. The highest BCUT2D eigenvalue weighted by molar-refractivity contribution is 6.00. The third-order valence-electron chi connectivity index (χ3n) is 12.9. The predicted octanol–water partition coefficient (Wildman–Crippen LogP) is 5.92. The van der Waals surface area contributed by atoms with Crippen LogP contribution in [0.1, 0.15) is 72.2 Å². The fourth-order valence-corrected chi connectivity index (χ4v) is 9.88. The molecule has 1 unspecified atom stereocenters. The first kappa shape index (κ1) is 35.4. The van der Waals surface area contributed by atoms with Crippen LogP contribution in [-0.4, -0.2) is 76.8 Å². The Hall–Kier alpha value is -5.35. The van der Waals surface area contributed by atoms with Gasteiger partial charge in [0.15, 0.2) is 0 Å². The number of carbonyl (C=O) groups excluding carboxylic acids is 2. The number of hydrogen-bond donors (Lipinski definition) is 2. The Labute approximate surface area is 322 Å². The lowest BCUT2D eigenvalue weighted by Gasteiger charge is -2.40. The van der Waals surface area contributed by atoms with Gasteiger partial charge in [0.1, 0.15) is 11.8 Å². The maximum Gasteiger partial charge on any atom is 0.329 e. The van der Waals surface area contributed by atoms with Crippen LogP contribution in [0.15, 0.2) is 95.8 Å². The first-order valence-corrected chi connectivity index (χ1v) is 20.0. The van der Waals surface area contributed by atoms with Crippen molar-refractivity contribution in [3.05, 3.63) is 124 Å². The van der Waals surface area contributed by atoms with Gasteiger partial charge in [-0.25, -0.2) is 4.79 Å². The van der Waals surface area contributed by atoms with Crippen molar-refractivity contribution in [3.63, 3.8) is 0 Å². The largest absolute Gasteiger partial charge is 0.508 e. The number of imide groups is 1. The van der Waals surface area contributed by atoms with Gasteiger partial charge in [-0.15, -0.1) is 0 Å². The maximum atomic E-state index is 13.2. The molecule has 55 heavy (non-hydrogen) atoms. The molecule has 3 atom stereocenters. The van der Waals surface area contributed by atoms with Crippen LogP contribution in [0.25, 0.3) is 11.0 Å². The molecule has 2 N–H and O–H groups in total. The number of piperazine rings is 1. The highest BCUT2D eigenvalue weighted by Gasteiger charge is 2.34. The Morgan fingerprint density at radius 1 is 0.691 bits per heavy atom. The van der Waals surface area contributed by atoms with E-state index in [1.807, 2.05) is 18.2 Å². The van der Waals surface area contributed by atoms with Gasteiger partial charge in [-0.3, -0.25) is 28.9 Å². The predicted molar refractivity (Wildman–Crippen MR) is 216 cm³/mol. The molecule has 5 aromatic rings. The van der Waals surface area contributed by atoms with Crippen LogP contribution >= 0.6 is 0 Å². The molecular formula is C45H50N6O4. The maximum absolute atomic E-state index is 13.2. The highest BCUT2D eigenvalue weighted by atomic mass is 16.3. The van der Waals surface area contributed by atoms with Gasteiger partial charge in [0.25, 0.3) is 0 Å². The SMILES string of the molecule is Cn1c(=O)n(C2CCC(=O)NC2=O)c2ccc(N3CCN(CC4CCN(c5ccc([C@@H]6c7ccc(O)cc7CC[C@@H]6c6ccccc6)cc5)CC4)CC3)cc21. The molecule has 9 rings (SSSR count). The van der Waals surface area contributed by atoms with E-state index in [0.29, 0.717) is 24.0 Å². The summed E-state index contributed by atoms with van der Waals surface area (Å²) in [6.07, 6.45) is 4.98. The number of aryl methyl sites for hydroxylation is 2. The van der Waals surface area contributed by atoms with Gasteiger partial charge in [-0.2, -0.15) is 0 Å². The van der Waals surface area contributed by atoms with E-state index in [1.165, 1.54) is 40.8 Å². The number of aromatic hydroxyl groups is 1. The van der Waals surface area contributed by atoms with E-state index in [1.54, 1.807) is 16.2 Å². The molecule has 284 valence electrons. The average molecular weight is 739 g/mol. The minimum Gasteiger partial charge on any atom is -0.508 e. The Kier molecular flexibility index (Phi) is 9.46. The van der Waals surface area contributed by atoms with Crippen molar-refractivity contribution >= 4 is 34.2 Å². The van der Waals surface area contributed by atoms with Gasteiger partial charge in [-0.1, -0.05) is 48.5 Å². The molecule has 10 heteroatoms. The number of amides is 2. The van der Waals surface area contributed by atoms with E-state index in [4.69, 9.17) is 0 Å². The number of phenols is 1. The number of nitrogens with one attached hydrogen (secondary N) is 1. The number of fused-ring (bicyclic) bond motifs is 2. The second-order valence-electron chi connectivity index (χ2n) is 16.1. The van der Waals surface area contributed by atoms with Crippen LogP contribution in [0.5, 0.6) is 5.75 Å². The average Bonchev–Trinajstić information content (AvgIpc) is 3.46. The summed E-state index contributed by atoms with van der Waals surface area (Å²) in [5.41, 5.74) is 9.00. The van der Waals surface area contributed by atoms with Crippen molar-refractivity contribution in [1.29, 1.82) is 0 Å². The zero-order chi connectivity index (χ0) is 37.6. The molecule has 3 saturated heterocycles. The summed E-state index contributed by atoms with van der Waals surface area (Å²) in [5, 5.41) is 12.6. The van der Waals surface area contributed by atoms with E-state index in [0.717, 1.165) is 75.4 Å². The smallest absolute Gasteiger partial charge is 0.329 e. The van der Waals surface area contributed by atoms with Gasteiger partial charge < -0.3 is 14.9 Å². The van der Waals surface area contributed by atoms with Crippen molar-refractivity contribution in [2.45, 2.75) is 56.4 Å². The first-order chi connectivity index (χ1) is 26.8. The number of carbonyl (C=O) groups is 2. The van der Waals surface area contributed by atoms with Gasteiger partial charge >= 0.3 is 5.69 Å². The van der Waals surface area contributed by atoms with Crippen LogP contribution in [-0.2, 0) is 23.1 Å². The number of anilines is 2. The first-order valence-electron chi connectivity index (χ1n) is 20.0. The Morgan fingerprint density at radius 3 is 2.16 bits per heavy atom. The number of piperidine rings is 2. The summed E-state index contributed by atoms with van der Waals surface area (Å²) < 4.78 is 3.16. The number of imidazole rings is 1. The van der Waals surface area contributed by atoms with E-state index in [-0.39, 0.29) is 23.9 Å². The summed E-state index contributed by atoms with van der Waals surface area (Å²) in [6.45, 7) is 7.12. The molecule has 4 aromatic carbocycles. The summed E-state index contributed by atoms with van der Waals surface area (Å²) in [5.74, 6) is 0.999. The summed E-state index contributed by atoms with van der Waals surface area (Å²) in [7, 11) is 1.75. The minimum absolute atomic E-state index is 0.232. The second-order valence-corrected chi connectivity index (χ2v) is 16.1. The Balaban J connectivity index is 0.804. The van der Waals surface area contributed by atoms with E-state index in [9.17, 15) is 19.5 Å². The van der Waals surface area contributed by atoms with Crippen molar-refractivity contribution in [1.82, 2.24) is 19.4 Å². The summed E-state index contributed by atoms with van der Waals surface area (Å²) in [6, 6.07) is 31.6. The normalized spacial score (nSPS) is 22.5. The molecule has 2 amide bonds. The monoisotopic (exact) mass is 738 g/mol. The van der Waals surface area contributed by atoms with Crippen LogP contribution < -0.4 is 20.8 Å². The van der Waals surface area contributed by atoms with Crippen LogP contribution in [0, 0.1) is 5.92 Å². The molecule has 0 radical (unpaired) electrons. The third kappa shape index (κ3) is 6.81. The van der Waals surface area contributed by atoms with Crippen molar-refractivity contribution < 1.29 is 14.7 Å². The van der Waals surface area contributed by atoms with Crippen LogP contribution in [0.3, 0.4) is 0 Å². The fraction of sp³-hybridized carbons (Fsp3) is 0.400. The molecule has 0 saturated carbocycles. The standard InChI is InChI=1S/C45H50N6O4/c1-47-41-28-35(12-16-39(41)51(45(47)55)40-17-18-42(53)46-44(40)54)50-25-23-48(24-26-50)29-30-19-21-49(22-20-30)34-10-7-32(8-11-34)43-37(31-5-3-2-4-6-31)14-9-33-27-36(52)13-15-38(33)43/h2-8,10-13,15-16,27-28,30,37,40,43,52H,9,14,17-26,29H2,1H3,(H,46,53,54)/t37-,40?,43+/m1/s1. The number of benzene rings is 4. The molecule has 4 aliphatic rings. The molecule has 0 bridgehead atoms. The van der Waals surface area contributed by atoms with Crippen molar-refractivity contribution in [2.75, 3.05) is 55.6 Å². The summed E-state index contributed by atoms with van der Waals surface area (Å²) in [4.78, 5) is 45.1. The molecule has 0 spiro atoms. The van der Waals surface area contributed by atoms with Crippen molar-refractivity contribution in [2.24, 2.45) is 13.0 Å². The topological polar surface area (TPSA) is 103 Å². The molecule has 4 heterocycles. The van der Waals surface area contributed by atoms with E-state index in [2.05, 4.69) is 92.8 Å². The Morgan fingerprint density at radius 2 is 1.42 bits per heavy atom. The number of aromatic nitrogens is 2. The van der Waals surface area contributed by atoms with E-state index < -0.39 is 11.9 Å². The van der Waals surface area contributed by atoms with Gasteiger partial charge in [0, 0.05) is 76.6 Å². The number of phenolic OH excluding ortho intramolecular Hbond substituents is 1. The molecule has 1 aliphatic carbocycles. The lowest BCUT2D eigenvalue weighted by molar-refractivity contribution is -0.135. The zero-order valence-corrected chi connectivity index (χ0v) is 31.6. The van der Waals surface area contributed by atoms with Gasteiger partial charge in [-0.05, 0) is 109 Å². The van der Waals surface area contributed by atoms with Crippen LogP contribution in [0.2, 0.25) is 0 Å². The van der Waals surface area contributed by atoms with Gasteiger partial charge in [0.2, 0.25) is 11.8 Å². The summed E-state index contributed by atoms with van der Waals surface area (Å²) >= 11 is 0. The fourth-order valence-electron chi connectivity index (χ4n) is 9.88. The third-order valence-corrected chi connectivity index (χ3v) is 12.9. The lowest BCUT2D eigenvalue weighted by atomic mass is 9.69. The Bertz CT molecular complexity index is 2260. The lowest BCUT2D eigenvalue weighted by Crippen LogP contribution is -2.49. The second kappa shape index (κ2) is 14.7. The van der Waals surface area contributed by atoms with Crippen molar-refractivity contribution in [3.8, 4) is 5.75 Å². The van der Waals surface area contributed by atoms with E-state index >= 15 is 0 Å². The molecular weight excluding hydrogens is 689 g/mol. The van der Waals surface area contributed by atoms with Gasteiger partial charge in [0.05, 0.1) is 11.0 Å². The number of rotatable bonds is 7. The molecule has 10 nitrogen and oxygen atoms in total. The molecule has 3 aliphatic heterocycles. The number of hydrogen-bond acceptors (Lipinski definition) is 7. The highest BCUT2D eigenvalue weighted by Crippen LogP contribution is 2.47. The molecule has 3 fully saturated rings. The minimum atomic E-state index is -0.674. The number of nitrogens with zero attached hydrogens (tertiary/aromatic N) is 5. The molecule has 1 aromatic heterocycles.